The van der Waals surface area contributed by atoms with Crippen LogP contribution < -0.4 is 9.30 Å². The van der Waals surface area contributed by atoms with Crippen molar-refractivity contribution >= 4 is 65.3 Å². The van der Waals surface area contributed by atoms with Crippen molar-refractivity contribution in [3.05, 3.63) is 151 Å². The standard InChI is InChI=1S/C45H32N3O2/c1-27-13-17-31(18-14-27)42-36-25-33(50-2)23-24-38(36)47(32-21-15-28(26-49)16-22-32)45(42)48-39-12-4-3-11-37(39)46-43-34-9-5-7-29-19-20-30-8-6-10-35(44(43)48)41(30)40(29)34/h3-25,49H,26H2,1-2H3/q+1. The third-order valence-corrected chi connectivity index (χ3v) is 10.3. The van der Waals surface area contributed by atoms with Gasteiger partial charge in [-0.25, -0.2) is 4.98 Å². The molecule has 0 aliphatic carbocycles. The monoisotopic (exact) mass is 646 g/mol. The molecule has 0 aliphatic rings. The summed E-state index contributed by atoms with van der Waals surface area (Å²) in [7, 11) is 1.72. The number of para-hydroxylation sites is 2. The first kappa shape index (κ1) is 28.7. The number of aromatic nitrogens is 3. The highest BCUT2D eigenvalue weighted by Crippen LogP contribution is 2.43. The first-order valence-corrected chi connectivity index (χ1v) is 16.9. The summed E-state index contributed by atoms with van der Waals surface area (Å²) in [5.41, 5.74) is 10.2. The molecular weight excluding hydrogens is 615 g/mol. The van der Waals surface area contributed by atoms with Gasteiger partial charge >= 0.3 is 5.82 Å². The summed E-state index contributed by atoms with van der Waals surface area (Å²) in [4.78, 5) is 5.46. The summed E-state index contributed by atoms with van der Waals surface area (Å²) >= 11 is 0. The molecule has 0 bridgehead atoms. The fourth-order valence-corrected chi connectivity index (χ4v) is 7.97. The van der Waals surface area contributed by atoms with Crippen LogP contribution in [0.3, 0.4) is 0 Å². The normalized spacial score (nSPS) is 12.0. The van der Waals surface area contributed by atoms with Gasteiger partial charge in [0.25, 0.3) is 0 Å². The largest absolute Gasteiger partial charge is 0.497 e. The Bertz CT molecular complexity index is 2940. The summed E-state index contributed by atoms with van der Waals surface area (Å²) in [6, 6.07) is 49.5. The molecule has 0 spiro atoms. The lowest BCUT2D eigenvalue weighted by molar-refractivity contribution is -0.541. The molecule has 5 nitrogen and oxygen atoms in total. The van der Waals surface area contributed by atoms with Crippen LogP contribution in [-0.4, -0.2) is 21.8 Å². The second-order valence-corrected chi connectivity index (χ2v) is 13.1. The van der Waals surface area contributed by atoms with Gasteiger partial charge in [-0.2, -0.15) is 9.13 Å². The summed E-state index contributed by atoms with van der Waals surface area (Å²) < 4.78 is 10.6. The van der Waals surface area contributed by atoms with E-state index in [1.807, 2.05) is 18.2 Å². The molecule has 8 aromatic carbocycles. The number of aliphatic hydroxyl groups excluding tert-OH is 1. The highest BCUT2D eigenvalue weighted by molar-refractivity contribution is 6.32. The fourth-order valence-electron chi connectivity index (χ4n) is 7.97. The predicted molar refractivity (Wildman–Crippen MR) is 204 cm³/mol. The molecule has 1 N–H and O–H groups in total. The Morgan fingerprint density at radius 2 is 1.42 bits per heavy atom. The van der Waals surface area contributed by atoms with E-state index in [-0.39, 0.29) is 6.61 Å². The molecule has 238 valence electrons. The maximum Gasteiger partial charge on any atom is 0.301 e. The van der Waals surface area contributed by atoms with Gasteiger partial charge in [-0.1, -0.05) is 96.6 Å². The van der Waals surface area contributed by atoms with E-state index in [0.717, 1.165) is 77.7 Å². The van der Waals surface area contributed by atoms with Crippen molar-refractivity contribution in [3.8, 4) is 28.4 Å². The molecule has 5 heteroatoms. The molecule has 50 heavy (non-hydrogen) atoms. The molecular formula is C45H32N3O2+. The van der Waals surface area contributed by atoms with Gasteiger partial charge in [-0.15, -0.1) is 0 Å². The lowest BCUT2D eigenvalue weighted by atomic mass is 9.92. The average Bonchev–Trinajstić information content (AvgIpc) is 3.50. The zero-order valence-corrected chi connectivity index (χ0v) is 27.7. The van der Waals surface area contributed by atoms with E-state index in [4.69, 9.17) is 9.72 Å². The summed E-state index contributed by atoms with van der Waals surface area (Å²) in [5, 5.41) is 18.2. The summed E-state index contributed by atoms with van der Waals surface area (Å²) in [5.74, 6) is 1.80. The van der Waals surface area contributed by atoms with Crippen molar-refractivity contribution in [3.63, 3.8) is 0 Å². The number of ether oxygens (including phenoxy) is 1. The Morgan fingerprint density at radius 1 is 0.700 bits per heavy atom. The van der Waals surface area contributed by atoms with E-state index in [2.05, 4.69) is 137 Å². The highest BCUT2D eigenvalue weighted by Gasteiger charge is 2.33. The maximum atomic E-state index is 9.97. The number of nitrogens with zero attached hydrogens (tertiary/aromatic N) is 3. The number of hydrogen-bond acceptors (Lipinski definition) is 3. The van der Waals surface area contributed by atoms with Gasteiger partial charge in [0.1, 0.15) is 28.0 Å². The molecule has 0 saturated carbocycles. The number of methoxy groups -OCH3 is 1. The van der Waals surface area contributed by atoms with Crippen molar-refractivity contribution < 1.29 is 14.4 Å². The Labute approximate surface area is 288 Å². The summed E-state index contributed by atoms with van der Waals surface area (Å²) in [6.07, 6.45) is 0. The molecule has 10 aromatic rings. The van der Waals surface area contributed by atoms with Gasteiger partial charge < -0.3 is 9.84 Å². The van der Waals surface area contributed by atoms with Gasteiger partial charge in [0.2, 0.25) is 0 Å². The van der Waals surface area contributed by atoms with E-state index in [9.17, 15) is 5.11 Å². The van der Waals surface area contributed by atoms with Crippen molar-refractivity contribution in [2.75, 3.05) is 7.11 Å². The van der Waals surface area contributed by atoms with Crippen LogP contribution in [0.25, 0.3) is 87.9 Å². The van der Waals surface area contributed by atoms with E-state index in [1.54, 1.807) is 7.11 Å². The lowest BCUT2D eigenvalue weighted by Crippen LogP contribution is -2.36. The second-order valence-electron chi connectivity index (χ2n) is 13.1. The molecule has 0 radical (unpaired) electrons. The number of hydrogen-bond donors (Lipinski definition) is 1. The number of fused-ring (bicyclic) bond motifs is 5. The quantitative estimate of drug-likeness (QED) is 0.115. The van der Waals surface area contributed by atoms with Gasteiger partial charge in [0, 0.05) is 21.5 Å². The molecule has 0 unspecified atom stereocenters. The minimum absolute atomic E-state index is 0.0163. The first-order valence-electron chi connectivity index (χ1n) is 16.9. The van der Waals surface area contributed by atoms with E-state index >= 15 is 0 Å². The molecule has 2 aromatic heterocycles. The number of rotatable bonds is 5. The Hall–Kier alpha value is -6.30. The topological polar surface area (TPSA) is 51.2 Å². The zero-order chi connectivity index (χ0) is 33.5. The third kappa shape index (κ3) is 4.04. The minimum Gasteiger partial charge on any atom is -0.497 e. The van der Waals surface area contributed by atoms with Crippen LogP contribution >= 0.6 is 0 Å². The van der Waals surface area contributed by atoms with Crippen molar-refractivity contribution in [1.82, 2.24) is 9.55 Å². The smallest absolute Gasteiger partial charge is 0.301 e. The minimum atomic E-state index is -0.0163. The first-order chi connectivity index (χ1) is 24.6. The van der Waals surface area contributed by atoms with Crippen LogP contribution in [0.15, 0.2) is 140 Å². The van der Waals surface area contributed by atoms with Crippen LogP contribution in [0.2, 0.25) is 0 Å². The third-order valence-electron chi connectivity index (χ3n) is 10.3. The van der Waals surface area contributed by atoms with Crippen molar-refractivity contribution in [1.29, 1.82) is 0 Å². The van der Waals surface area contributed by atoms with E-state index in [0.29, 0.717) is 0 Å². The van der Waals surface area contributed by atoms with Crippen LogP contribution in [-0.2, 0) is 6.61 Å². The Morgan fingerprint density at radius 3 is 2.16 bits per heavy atom. The lowest BCUT2D eigenvalue weighted by Gasteiger charge is -2.17. The average molecular weight is 647 g/mol. The maximum absolute atomic E-state index is 9.97. The van der Waals surface area contributed by atoms with Gasteiger partial charge in [0.15, 0.2) is 11.0 Å². The number of aryl methyl sites for hydroxylation is 1. The van der Waals surface area contributed by atoms with Crippen molar-refractivity contribution in [2.24, 2.45) is 0 Å². The van der Waals surface area contributed by atoms with Crippen LogP contribution in [0.5, 0.6) is 5.75 Å². The molecule has 0 atom stereocenters. The number of benzene rings is 8. The Kier molecular flexibility index (Phi) is 6.23. The molecule has 2 heterocycles. The molecule has 0 saturated heterocycles. The van der Waals surface area contributed by atoms with Crippen molar-refractivity contribution in [2.45, 2.75) is 13.5 Å². The van der Waals surface area contributed by atoms with Crippen LogP contribution in [0, 0.1) is 6.92 Å². The van der Waals surface area contributed by atoms with Gasteiger partial charge in [0.05, 0.1) is 19.3 Å². The molecule has 0 amide bonds. The van der Waals surface area contributed by atoms with Gasteiger partial charge in [-0.3, -0.25) is 0 Å². The second kappa shape index (κ2) is 10.9. The highest BCUT2D eigenvalue weighted by atomic mass is 16.5. The SMILES string of the molecule is COc1ccc2c(c1)c(-c1ccc(C)cc1)c(-[n+]1c3ccccc3nc3c4cccc5ccc6cccc(c6c54)c31)n2-c1ccc(CO)cc1. The van der Waals surface area contributed by atoms with E-state index in [1.165, 1.54) is 27.1 Å². The van der Waals surface area contributed by atoms with Crippen LogP contribution in [0.4, 0.5) is 0 Å². The van der Waals surface area contributed by atoms with Crippen LogP contribution in [0.1, 0.15) is 11.1 Å². The van der Waals surface area contributed by atoms with E-state index < -0.39 is 0 Å². The predicted octanol–water partition coefficient (Wildman–Crippen LogP) is 9.98. The Balaban J connectivity index is 1.51. The molecule has 0 fully saturated rings. The number of aliphatic hydroxyl groups is 1. The summed E-state index contributed by atoms with van der Waals surface area (Å²) in [6.45, 7) is 2.11. The molecule has 10 rings (SSSR count). The molecule has 0 aliphatic heterocycles. The zero-order valence-electron chi connectivity index (χ0n) is 27.7. The fraction of sp³-hybridized carbons (Fsp3) is 0.0667. The van der Waals surface area contributed by atoms with Gasteiger partial charge in [-0.05, 0) is 82.7 Å².